The molecule has 2 aromatic rings. The molecule has 1 fully saturated rings. The highest BCUT2D eigenvalue weighted by Gasteiger charge is 2.19. The van der Waals surface area contributed by atoms with Crippen molar-refractivity contribution >= 4 is 17.9 Å². The van der Waals surface area contributed by atoms with Crippen molar-refractivity contribution in [3.8, 4) is 0 Å². The van der Waals surface area contributed by atoms with Crippen molar-refractivity contribution in [3.05, 3.63) is 64.7 Å². The first-order valence-electron chi connectivity index (χ1n) is 9.06. The van der Waals surface area contributed by atoms with Crippen LogP contribution in [0.2, 0.25) is 0 Å². The lowest BCUT2D eigenvalue weighted by Crippen LogP contribution is -2.38. The van der Waals surface area contributed by atoms with E-state index in [9.17, 15) is 9.59 Å². The molecule has 1 aliphatic heterocycles. The predicted octanol–water partition coefficient (Wildman–Crippen LogP) is 2.96. The van der Waals surface area contributed by atoms with Gasteiger partial charge in [0.15, 0.2) is 0 Å². The first-order chi connectivity index (χ1) is 13.0. The van der Waals surface area contributed by atoms with Crippen LogP contribution in [0.25, 0.3) is 6.08 Å². The second-order valence-corrected chi connectivity index (χ2v) is 6.67. The molecule has 1 saturated heterocycles. The Labute approximate surface area is 158 Å². The van der Waals surface area contributed by atoms with Crippen LogP contribution >= 0.6 is 0 Å². The highest BCUT2D eigenvalue weighted by atomic mass is 16.5. The maximum absolute atomic E-state index is 12.6. The molecule has 0 spiro atoms. The molecule has 0 unspecified atom stereocenters. The molecule has 1 aromatic heterocycles. The summed E-state index contributed by atoms with van der Waals surface area (Å²) in [5, 5.41) is 5.53. The van der Waals surface area contributed by atoms with E-state index in [1.54, 1.807) is 24.3 Å². The molecule has 1 atom stereocenters. The van der Waals surface area contributed by atoms with Crippen LogP contribution in [0.1, 0.15) is 40.1 Å². The average molecular weight is 368 g/mol. The van der Waals surface area contributed by atoms with Crippen molar-refractivity contribution in [2.45, 2.75) is 32.8 Å². The third-order valence-electron chi connectivity index (χ3n) is 4.61. The summed E-state index contributed by atoms with van der Waals surface area (Å²) in [7, 11) is 0. The standard InChI is InChI=1S/C21H24N2O4/c1-14-7-8-16(11-15(14)2)20(24)23-19(12-17-5-3-9-26-17)21(25)22-13-18-6-4-10-27-18/h3,5,7-9,11-12,18H,4,6,10,13H2,1-2H3,(H,22,25)(H,23,24)/b19-12+/t18-/m0/s1. The molecule has 27 heavy (non-hydrogen) atoms. The number of hydrogen-bond donors (Lipinski definition) is 2. The van der Waals surface area contributed by atoms with Gasteiger partial charge in [0.1, 0.15) is 11.5 Å². The maximum Gasteiger partial charge on any atom is 0.268 e. The van der Waals surface area contributed by atoms with E-state index in [4.69, 9.17) is 9.15 Å². The van der Waals surface area contributed by atoms with Gasteiger partial charge in [0.05, 0.1) is 12.4 Å². The van der Waals surface area contributed by atoms with E-state index in [1.165, 1.54) is 12.3 Å². The van der Waals surface area contributed by atoms with E-state index in [0.29, 0.717) is 17.9 Å². The fourth-order valence-corrected chi connectivity index (χ4v) is 2.86. The highest BCUT2D eigenvalue weighted by molar-refractivity contribution is 6.05. The van der Waals surface area contributed by atoms with Crippen molar-refractivity contribution in [1.29, 1.82) is 0 Å². The lowest BCUT2D eigenvalue weighted by atomic mass is 10.1. The minimum absolute atomic E-state index is 0.0225. The first-order valence-corrected chi connectivity index (χ1v) is 9.06. The van der Waals surface area contributed by atoms with E-state index >= 15 is 0 Å². The first kappa shape index (κ1) is 18.9. The van der Waals surface area contributed by atoms with Crippen LogP contribution in [-0.2, 0) is 9.53 Å². The van der Waals surface area contributed by atoms with E-state index < -0.39 is 0 Å². The normalized spacial score (nSPS) is 17.0. The van der Waals surface area contributed by atoms with Crippen LogP contribution in [0.4, 0.5) is 0 Å². The third-order valence-corrected chi connectivity index (χ3v) is 4.61. The number of nitrogens with one attached hydrogen (secondary N) is 2. The van der Waals surface area contributed by atoms with Crippen molar-refractivity contribution in [2.75, 3.05) is 13.2 Å². The topological polar surface area (TPSA) is 80.6 Å². The second-order valence-electron chi connectivity index (χ2n) is 6.67. The number of carbonyl (C=O) groups is 2. The molecular formula is C21H24N2O4. The smallest absolute Gasteiger partial charge is 0.268 e. The number of rotatable bonds is 6. The molecule has 0 saturated carbocycles. The minimum atomic E-state index is -0.376. The van der Waals surface area contributed by atoms with Crippen LogP contribution in [0, 0.1) is 13.8 Å². The Hall–Kier alpha value is -2.86. The number of aryl methyl sites for hydroxylation is 2. The Morgan fingerprint density at radius 2 is 2.07 bits per heavy atom. The van der Waals surface area contributed by atoms with Crippen LogP contribution < -0.4 is 10.6 Å². The molecule has 0 bridgehead atoms. The zero-order chi connectivity index (χ0) is 19.2. The largest absolute Gasteiger partial charge is 0.465 e. The molecule has 0 aliphatic carbocycles. The zero-order valence-electron chi connectivity index (χ0n) is 15.6. The summed E-state index contributed by atoms with van der Waals surface area (Å²) in [5.74, 6) is -0.236. The Kier molecular flexibility index (Phi) is 6.08. The lowest BCUT2D eigenvalue weighted by Gasteiger charge is -2.14. The summed E-state index contributed by atoms with van der Waals surface area (Å²) in [4.78, 5) is 25.2. The summed E-state index contributed by atoms with van der Waals surface area (Å²) >= 11 is 0. The zero-order valence-corrected chi connectivity index (χ0v) is 15.6. The average Bonchev–Trinajstić information content (AvgIpc) is 3.35. The van der Waals surface area contributed by atoms with Gasteiger partial charge in [-0.3, -0.25) is 9.59 Å². The van der Waals surface area contributed by atoms with Gasteiger partial charge in [-0.05, 0) is 62.1 Å². The van der Waals surface area contributed by atoms with Crippen LogP contribution in [0.3, 0.4) is 0 Å². The predicted molar refractivity (Wildman–Crippen MR) is 102 cm³/mol. The van der Waals surface area contributed by atoms with Crippen molar-refractivity contribution in [3.63, 3.8) is 0 Å². The molecule has 3 rings (SSSR count). The second kappa shape index (κ2) is 8.68. The van der Waals surface area contributed by atoms with Gasteiger partial charge in [-0.25, -0.2) is 0 Å². The van der Waals surface area contributed by atoms with E-state index in [1.807, 2.05) is 19.9 Å². The Morgan fingerprint density at radius 3 is 2.74 bits per heavy atom. The van der Waals surface area contributed by atoms with Crippen molar-refractivity contribution in [1.82, 2.24) is 10.6 Å². The van der Waals surface area contributed by atoms with E-state index in [0.717, 1.165) is 30.6 Å². The lowest BCUT2D eigenvalue weighted by molar-refractivity contribution is -0.118. The Morgan fingerprint density at radius 1 is 1.22 bits per heavy atom. The molecule has 6 heteroatoms. The molecule has 0 radical (unpaired) electrons. The van der Waals surface area contributed by atoms with Gasteiger partial charge in [-0.2, -0.15) is 0 Å². The van der Waals surface area contributed by atoms with Crippen LogP contribution in [0.15, 0.2) is 46.7 Å². The maximum atomic E-state index is 12.6. The fourth-order valence-electron chi connectivity index (χ4n) is 2.86. The third kappa shape index (κ3) is 5.08. The number of benzene rings is 1. The molecule has 2 amide bonds. The van der Waals surface area contributed by atoms with Gasteiger partial charge in [-0.1, -0.05) is 6.07 Å². The van der Waals surface area contributed by atoms with Gasteiger partial charge < -0.3 is 19.8 Å². The van der Waals surface area contributed by atoms with Gasteiger partial charge in [-0.15, -0.1) is 0 Å². The number of amides is 2. The number of furan rings is 1. The van der Waals surface area contributed by atoms with Gasteiger partial charge in [0.25, 0.3) is 11.8 Å². The molecule has 2 heterocycles. The monoisotopic (exact) mass is 368 g/mol. The molecule has 6 nitrogen and oxygen atoms in total. The van der Waals surface area contributed by atoms with Crippen molar-refractivity contribution in [2.24, 2.45) is 0 Å². The number of ether oxygens (including phenoxy) is 1. The van der Waals surface area contributed by atoms with Gasteiger partial charge in [0.2, 0.25) is 0 Å². The minimum Gasteiger partial charge on any atom is -0.465 e. The Bertz CT molecular complexity index is 834. The molecular weight excluding hydrogens is 344 g/mol. The molecule has 1 aliphatic rings. The summed E-state index contributed by atoms with van der Waals surface area (Å²) in [5.41, 5.74) is 2.75. The fraction of sp³-hybridized carbons (Fsp3) is 0.333. The number of carbonyl (C=O) groups excluding carboxylic acids is 2. The summed E-state index contributed by atoms with van der Waals surface area (Å²) in [6, 6.07) is 8.87. The van der Waals surface area contributed by atoms with Gasteiger partial charge in [0, 0.05) is 24.8 Å². The highest BCUT2D eigenvalue weighted by Crippen LogP contribution is 2.13. The van der Waals surface area contributed by atoms with Crippen LogP contribution in [0.5, 0.6) is 0 Å². The van der Waals surface area contributed by atoms with Crippen LogP contribution in [-0.4, -0.2) is 31.1 Å². The molecule has 2 N–H and O–H groups in total. The summed E-state index contributed by atoms with van der Waals surface area (Å²) < 4.78 is 10.8. The molecule has 1 aromatic carbocycles. The quantitative estimate of drug-likeness (QED) is 0.768. The van der Waals surface area contributed by atoms with E-state index in [-0.39, 0.29) is 23.6 Å². The summed E-state index contributed by atoms with van der Waals surface area (Å²) in [6.07, 6.45) is 4.98. The summed E-state index contributed by atoms with van der Waals surface area (Å²) in [6.45, 7) is 5.06. The van der Waals surface area contributed by atoms with Crippen molar-refractivity contribution < 1.29 is 18.7 Å². The Balaban J connectivity index is 1.73. The van der Waals surface area contributed by atoms with E-state index in [2.05, 4.69) is 10.6 Å². The molecule has 142 valence electrons. The number of hydrogen-bond acceptors (Lipinski definition) is 4. The SMILES string of the molecule is Cc1ccc(C(=O)N/C(=C/c2ccco2)C(=O)NC[C@@H]2CCCO2)cc1C. The van der Waals surface area contributed by atoms with Gasteiger partial charge >= 0.3 is 0 Å².